The molecule has 0 unspecified atom stereocenters. The van der Waals surface area contributed by atoms with Gasteiger partial charge in [0.2, 0.25) is 0 Å². The Morgan fingerprint density at radius 2 is 1.88 bits per heavy atom. The zero-order valence-electron chi connectivity index (χ0n) is 14.6. The lowest BCUT2D eigenvalue weighted by Gasteiger charge is -2.16. The van der Waals surface area contributed by atoms with Crippen LogP contribution in [0, 0.1) is 13.8 Å². The lowest BCUT2D eigenvalue weighted by atomic mass is 10.2. The zero-order chi connectivity index (χ0) is 17.2. The number of nitrogens with zero attached hydrogens (tertiary/aromatic N) is 6. The minimum absolute atomic E-state index is 0.591. The number of hydrogen-bond donors (Lipinski definition) is 0. The van der Waals surface area contributed by atoms with Crippen LogP contribution >= 0.6 is 11.8 Å². The summed E-state index contributed by atoms with van der Waals surface area (Å²) in [5, 5.41) is 13.3. The van der Waals surface area contributed by atoms with Crippen molar-refractivity contribution in [3.05, 3.63) is 47.5 Å². The Balaban J connectivity index is 1.57. The Labute approximate surface area is 151 Å². The standard InChI is InChI=1S/C18H22N6S/c1-13-14(2)23(15-8-6-7-9-15)18(19-13)25-12-17-20-21-22-24(17)16-10-4-3-5-11-16/h3-5,10-11,15H,6-9,12H2,1-2H3. The molecule has 0 saturated heterocycles. The summed E-state index contributed by atoms with van der Waals surface area (Å²) in [5.74, 6) is 1.54. The van der Waals surface area contributed by atoms with Crippen molar-refractivity contribution in [2.75, 3.05) is 0 Å². The zero-order valence-corrected chi connectivity index (χ0v) is 15.4. The SMILES string of the molecule is Cc1nc(SCc2nnnn2-c2ccccc2)n(C2CCCC2)c1C. The molecule has 1 aliphatic rings. The van der Waals surface area contributed by atoms with E-state index in [1.165, 1.54) is 31.4 Å². The lowest BCUT2D eigenvalue weighted by Crippen LogP contribution is -2.09. The van der Waals surface area contributed by atoms with Crippen LogP contribution in [0.1, 0.15) is 48.9 Å². The molecule has 4 rings (SSSR count). The van der Waals surface area contributed by atoms with Crippen LogP contribution < -0.4 is 0 Å². The Bertz CT molecular complexity index is 848. The lowest BCUT2D eigenvalue weighted by molar-refractivity contribution is 0.471. The van der Waals surface area contributed by atoms with Gasteiger partial charge in [0.25, 0.3) is 0 Å². The fourth-order valence-corrected chi connectivity index (χ4v) is 4.55. The summed E-state index contributed by atoms with van der Waals surface area (Å²) in [7, 11) is 0. The van der Waals surface area contributed by atoms with Gasteiger partial charge in [-0.3, -0.25) is 0 Å². The maximum Gasteiger partial charge on any atom is 0.169 e. The molecule has 25 heavy (non-hydrogen) atoms. The predicted molar refractivity (Wildman–Crippen MR) is 97.9 cm³/mol. The minimum Gasteiger partial charge on any atom is -0.320 e. The maximum absolute atomic E-state index is 4.80. The van der Waals surface area contributed by atoms with Crippen molar-refractivity contribution in [1.29, 1.82) is 0 Å². The third-order valence-electron chi connectivity index (χ3n) is 4.91. The van der Waals surface area contributed by atoms with Crippen molar-refractivity contribution in [2.45, 2.75) is 56.5 Å². The Morgan fingerprint density at radius 1 is 1.12 bits per heavy atom. The van der Waals surface area contributed by atoms with E-state index in [2.05, 4.69) is 33.9 Å². The predicted octanol–water partition coefficient (Wildman–Crippen LogP) is 3.88. The molecule has 2 heterocycles. The molecular weight excluding hydrogens is 332 g/mol. The van der Waals surface area contributed by atoms with E-state index in [1.807, 2.05) is 30.3 Å². The smallest absolute Gasteiger partial charge is 0.169 e. The summed E-state index contributed by atoms with van der Waals surface area (Å²) < 4.78 is 4.24. The molecule has 130 valence electrons. The van der Waals surface area contributed by atoms with Gasteiger partial charge in [0.05, 0.1) is 17.1 Å². The van der Waals surface area contributed by atoms with Crippen LogP contribution in [-0.2, 0) is 5.75 Å². The van der Waals surface area contributed by atoms with Gasteiger partial charge in [0, 0.05) is 11.7 Å². The highest BCUT2D eigenvalue weighted by molar-refractivity contribution is 7.98. The second kappa shape index (κ2) is 7.00. The molecule has 1 fully saturated rings. The fraction of sp³-hybridized carbons (Fsp3) is 0.444. The number of aromatic nitrogens is 6. The first kappa shape index (κ1) is 16.3. The first-order valence-electron chi connectivity index (χ1n) is 8.75. The van der Waals surface area contributed by atoms with Crippen molar-refractivity contribution in [3.63, 3.8) is 0 Å². The van der Waals surface area contributed by atoms with E-state index >= 15 is 0 Å². The van der Waals surface area contributed by atoms with Crippen LogP contribution in [0.4, 0.5) is 0 Å². The van der Waals surface area contributed by atoms with Gasteiger partial charge >= 0.3 is 0 Å². The largest absolute Gasteiger partial charge is 0.320 e. The summed E-state index contributed by atoms with van der Waals surface area (Å²) in [5.41, 5.74) is 3.39. The molecule has 1 aromatic carbocycles. The van der Waals surface area contributed by atoms with Gasteiger partial charge < -0.3 is 4.57 Å². The van der Waals surface area contributed by atoms with Crippen LogP contribution in [-0.4, -0.2) is 29.8 Å². The topological polar surface area (TPSA) is 61.4 Å². The molecule has 0 bridgehead atoms. The van der Waals surface area contributed by atoms with E-state index in [-0.39, 0.29) is 0 Å². The summed E-state index contributed by atoms with van der Waals surface area (Å²) in [6.45, 7) is 4.28. The molecular formula is C18H22N6S. The molecule has 2 aromatic heterocycles. The second-order valence-electron chi connectivity index (χ2n) is 6.50. The van der Waals surface area contributed by atoms with Gasteiger partial charge in [0.1, 0.15) is 0 Å². The summed E-state index contributed by atoms with van der Waals surface area (Å²) in [6.07, 6.45) is 5.15. The third kappa shape index (κ3) is 3.20. The van der Waals surface area contributed by atoms with Crippen LogP contribution in [0.2, 0.25) is 0 Å². The van der Waals surface area contributed by atoms with Gasteiger partial charge in [-0.2, -0.15) is 4.68 Å². The molecule has 0 radical (unpaired) electrons. The minimum atomic E-state index is 0.591. The van der Waals surface area contributed by atoms with Crippen molar-refractivity contribution in [3.8, 4) is 5.69 Å². The van der Waals surface area contributed by atoms with Crippen molar-refractivity contribution in [2.24, 2.45) is 0 Å². The first-order valence-corrected chi connectivity index (χ1v) is 9.73. The molecule has 1 saturated carbocycles. The second-order valence-corrected chi connectivity index (χ2v) is 7.45. The quantitative estimate of drug-likeness (QED) is 0.651. The molecule has 3 aromatic rings. The van der Waals surface area contributed by atoms with Gasteiger partial charge in [0.15, 0.2) is 11.0 Å². The van der Waals surface area contributed by atoms with Crippen LogP contribution in [0.15, 0.2) is 35.5 Å². The first-order chi connectivity index (χ1) is 12.2. The highest BCUT2D eigenvalue weighted by Gasteiger charge is 2.23. The molecule has 0 spiro atoms. The normalized spacial score (nSPS) is 15.1. The number of thioether (sulfide) groups is 1. The Kier molecular flexibility index (Phi) is 4.57. The van der Waals surface area contributed by atoms with Crippen LogP contribution in [0.25, 0.3) is 5.69 Å². The van der Waals surface area contributed by atoms with Crippen molar-refractivity contribution in [1.82, 2.24) is 29.8 Å². The molecule has 0 atom stereocenters. The highest BCUT2D eigenvalue weighted by atomic mass is 32.2. The number of tetrazole rings is 1. The average Bonchev–Trinajstić information content (AvgIpc) is 3.36. The molecule has 0 N–H and O–H groups in total. The van der Waals surface area contributed by atoms with E-state index in [0.717, 1.165) is 22.4 Å². The highest BCUT2D eigenvalue weighted by Crippen LogP contribution is 2.36. The third-order valence-corrected chi connectivity index (χ3v) is 5.86. The average molecular weight is 354 g/mol. The summed E-state index contributed by atoms with van der Waals surface area (Å²) in [4.78, 5) is 4.80. The number of hydrogen-bond acceptors (Lipinski definition) is 5. The van der Waals surface area contributed by atoms with Crippen molar-refractivity contribution >= 4 is 11.8 Å². The molecule has 6 nitrogen and oxygen atoms in total. The van der Waals surface area contributed by atoms with Gasteiger partial charge in [-0.15, -0.1) is 5.10 Å². The number of para-hydroxylation sites is 1. The monoisotopic (exact) mass is 354 g/mol. The number of aryl methyl sites for hydroxylation is 1. The maximum atomic E-state index is 4.80. The van der Waals surface area contributed by atoms with E-state index in [0.29, 0.717) is 11.8 Å². The van der Waals surface area contributed by atoms with E-state index < -0.39 is 0 Å². The Hall–Kier alpha value is -2.15. The summed E-state index contributed by atoms with van der Waals surface area (Å²) in [6, 6.07) is 10.6. The van der Waals surface area contributed by atoms with E-state index in [4.69, 9.17) is 4.98 Å². The van der Waals surface area contributed by atoms with Crippen molar-refractivity contribution < 1.29 is 0 Å². The van der Waals surface area contributed by atoms with Crippen LogP contribution in [0.5, 0.6) is 0 Å². The van der Waals surface area contributed by atoms with Gasteiger partial charge in [-0.05, 0) is 49.2 Å². The van der Waals surface area contributed by atoms with Crippen LogP contribution in [0.3, 0.4) is 0 Å². The number of benzene rings is 1. The Morgan fingerprint density at radius 3 is 2.64 bits per heavy atom. The molecule has 0 aliphatic heterocycles. The number of imidazole rings is 1. The molecule has 1 aliphatic carbocycles. The van der Waals surface area contributed by atoms with E-state index in [9.17, 15) is 0 Å². The summed E-state index contributed by atoms with van der Waals surface area (Å²) >= 11 is 1.72. The fourth-order valence-electron chi connectivity index (χ4n) is 3.48. The van der Waals surface area contributed by atoms with Gasteiger partial charge in [-0.1, -0.05) is 42.8 Å². The van der Waals surface area contributed by atoms with Gasteiger partial charge in [-0.25, -0.2) is 4.98 Å². The molecule has 7 heteroatoms. The number of rotatable bonds is 5. The van der Waals surface area contributed by atoms with E-state index in [1.54, 1.807) is 16.4 Å². The molecule has 0 amide bonds.